The predicted octanol–water partition coefficient (Wildman–Crippen LogP) is 5.13. The number of carbonyl (C=O) groups excluding carboxylic acids is 2. The van der Waals surface area contributed by atoms with Crippen LogP contribution < -0.4 is 5.32 Å². The molecule has 2 aromatic carbocycles. The number of benzene rings is 2. The van der Waals surface area contributed by atoms with E-state index in [-0.39, 0.29) is 11.7 Å². The summed E-state index contributed by atoms with van der Waals surface area (Å²) in [5.41, 5.74) is 3.03. The Bertz CT molecular complexity index is 922. The van der Waals surface area contributed by atoms with Crippen molar-refractivity contribution in [2.45, 2.75) is 23.4 Å². The number of aromatic nitrogens is 1. The standard InChI is InChI=1S/C20H18N2O2S2/c1-13-12-25-20(21-13)26-18(15-7-4-3-5-8-15)19(24)22-17-10-6-9-16(11-17)14(2)23/h3-12,18H,1-2H3,(H,22,24). The second-order valence-electron chi connectivity index (χ2n) is 5.79. The van der Waals surface area contributed by atoms with Crippen molar-refractivity contribution in [2.75, 3.05) is 5.32 Å². The molecule has 3 rings (SSSR count). The molecule has 0 fully saturated rings. The molecule has 6 heteroatoms. The molecule has 1 atom stereocenters. The number of amides is 1. The number of ketones is 1. The zero-order valence-electron chi connectivity index (χ0n) is 14.4. The smallest absolute Gasteiger partial charge is 0.242 e. The molecule has 0 aliphatic carbocycles. The fourth-order valence-electron chi connectivity index (χ4n) is 2.41. The number of thiazole rings is 1. The Morgan fingerprint density at radius 1 is 1.12 bits per heavy atom. The van der Waals surface area contributed by atoms with Gasteiger partial charge in [0.1, 0.15) is 5.25 Å². The first kappa shape index (κ1) is 18.4. The third-order valence-corrected chi connectivity index (χ3v) is 6.04. The number of anilines is 1. The molecule has 0 radical (unpaired) electrons. The van der Waals surface area contributed by atoms with Crippen LogP contribution in [0.3, 0.4) is 0 Å². The van der Waals surface area contributed by atoms with Gasteiger partial charge in [-0.05, 0) is 31.5 Å². The summed E-state index contributed by atoms with van der Waals surface area (Å²) in [5, 5.41) is 4.47. The van der Waals surface area contributed by atoms with Crippen molar-refractivity contribution < 1.29 is 9.59 Å². The van der Waals surface area contributed by atoms with Gasteiger partial charge in [-0.25, -0.2) is 4.98 Å². The van der Waals surface area contributed by atoms with Crippen molar-refractivity contribution in [1.82, 2.24) is 4.98 Å². The van der Waals surface area contributed by atoms with Gasteiger partial charge in [0, 0.05) is 22.3 Å². The van der Waals surface area contributed by atoms with E-state index in [0.29, 0.717) is 11.3 Å². The largest absolute Gasteiger partial charge is 0.325 e. The number of hydrogen-bond acceptors (Lipinski definition) is 5. The van der Waals surface area contributed by atoms with Gasteiger partial charge in [-0.2, -0.15) is 0 Å². The minimum Gasteiger partial charge on any atom is -0.325 e. The average Bonchev–Trinajstić information content (AvgIpc) is 3.05. The molecule has 1 heterocycles. The van der Waals surface area contributed by atoms with E-state index < -0.39 is 5.25 Å². The molecule has 1 amide bonds. The van der Waals surface area contributed by atoms with Crippen molar-refractivity contribution in [3.8, 4) is 0 Å². The Balaban J connectivity index is 1.85. The lowest BCUT2D eigenvalue weighted by molar-refractivity contribution is -0.115. The molecule has 0 aliphatic heterocycles. The molecule has 0 bridgehead atoms. The highest BCUT2D eigenvalue weighted by Crippen LogP contribution is 2.37. The number of nitrogens with zero attached hydrogens (tertiary/aromatic N) is 1. The van der Waals surface area contributed by atoms with Crippen LogP contribution in [0.2, 0.25) is 0 Å². The van der Waals surface area contributed by atoms with Crippen LogP contribution in [0, 0.1) is 6.92 Å². The van der Waals surface area contributed by atoms with Crippen LogP contribution in [0.15, 0.2) is 64.3 Å². The Labute approximate surface area is 160 Å². The lowest BCUT2D eigenvalue weighted by atomic mass is 10.1. The van der Waals surface area contributed by atoms with Crippen LogP contribution >= 0.6 is 23.1 Å². The summed E-state index contributed by atoms with van der Waals surface area (Å²) in [5.74, 6) is -0.178. The second kappa shape index (κ2) is 8.29. The molecule has 3 aromatic rings. The zero-order valence-corrected chi connectivity index (χ0v) is 16.1. The molecule has 0 saturated heterocycles. The number of thioether (sulfide) groups is 1. The highest BCUT2D eigenvalue weighted by Gasteiger charge is 2.23. The van der Waals surface area contributed by atoms with Crippen LogP contribution in [0.1, 0.15) is 33.8 Å². The molecule has 0 aliphatic rings. The first-order valence-electron chi connectivity index (χ1n) is 8.08. The summed E-state index contributed by atoms with van der Waals surface area (Å²) in [7, 11) is 0. The SMILES string of the molecule is CC(=O)c1cccc(NC(=O)C(Sc2nc(C)cs2)c2ccccc2)c1. The van der Waals surface area contributed by atoms with E-state index in [2.05, 4.69) is 10.3 Å². The number of hydrogen-bond donors (Lipinski definition) is 1. The monoisotopic (exact) mass is 382 g/mol. The minimum atomic E-state index is -0.428. The summed E-state index contributed by atoms with van der Waals surface area (Å²) in [6, 6.07) is 16.6. The van der Waals surface area contributed by atoms with Crippen molar-refractivity contribution in [2.24, 2.45) is 0 Å². The van der Waals surface area contributed by atoms with E-state index in [9.17, 15) is 9.59 Å². The maximum Gasteiger partial charge on any atom is 0.242 e. The first-order valence-corrected chi connectivity index (χ1v) is 9.84. The van der Waals surface area contributed by atoms with Gasteiger partial charge < -0.3 is 5.32 Å². The van der Waals surface area contributed by atoms with Gasteiger partial charge in [0.15, 0.2) is 10.1 Å². The maximum atomic E-state index is 13.0. The third kappa shape index (κ3) is 4.59. The van der Waals surface area contributed by atoms with E-state index in [4.69, 9.17) is 0 Å². The van der Waals surface area contributed by atoms with E-state index in [0.717, 1.165) is 15.6 Å². The van der Waals surface area contributed by atoms with Gasteiger partial charge in [-0.1, -0.05) is 54.2 Å². The van der Waals surface area contributed by atoms with E-state index in [1.54, 1.807) is 24.3 Å². The predicted molar refractivity (Wildman–Crippen MR) is 107 cm³/mol. The maximum absolute atomic E-state index is 13.0. The van der Waals surface area contributed by atoms with Gasteiger partial charge in [-0.15, -0.1) is 11.3 Å². The summed E-state index contributed by atoms with van der Waals surface area (Å²) >= 11 is 2.96. The highest BCUT2D eigenvalue weighted by molar-refractivity contribution is 8.01. The normalized spacial score (nSPS) is 11.8. The molecule has 0 spiro atoms. The van der Waals surface area contributed by atoms with E-state index in [1.165, 1.54) is 30.0 Å². The molecule has 1 N–H and O–H groups in total. The van der Waals surface area contributed by atoms with E-state index >= 15 is 0 Å². The van der Waals surface area contributed by atoms with Crippen molar-refractivity contribution in [1.29, 1.82) is 0 Å². The van der Waals surface area contributed by atoms with Gasteiger partial charge in [0.2, 0.25) is 5.91 Å². The minimum absolute atomic E-state index is 0.0339. The number of Topliss-reactive ketones (excluding diaryl/α,β-unsaturated/α-hetero) is 1. The molecular formula is C20H18N2O2S2. The van der Waals surface area contributed by atoms with Crippen molar-refractivity contribution in [3.05, 3.63) is 76.8 Å². The lowest BCUT2D eigenvalue weighted by Gasteiger charge is -2.16. The third-order valence-electron chi connectivity index (χ3n) is 3.69. The number of carbonyl (C=O) groups is 2. The van der Waals surface area contributed by atoms with Gasteiger partial charge in [0.05, 0.1) is 0 Å². The molecule has 1 aromatic heterocycles. The topological polar surface area (TPSA) is 59.1 Å². The van der Waals surface area contributed by atoms with Gasteiger partial charge >= 0.3 is 0 Å². The average molecular weight is 383 g/mol. The van der Waals surface area contributed by atoms with Gasteiger partial charge in [0.25, 0.3) is 0 Å². The van der Waals surface area contributed by atoms with Gasteiger partial charge in [-0.3, -0.25) is 9.59 Å². The number of aryl methyl sites for hydroxylation is 1. The fourth-order valence-corrected chi connectivity index (χ4v) is 4.45. The Kier molecular flexibility index (Phi) is 5.85. The van der Waals surface area contributed by atoms with Crippen LogP contribution in [-0.4, -0.2) is 16.7 Å². The quantitative estimate of drug-likeness (QED) is 0.474. The fraction of sp³-hybridized carbons (Fsp3) is 0.150. The van der Waals surface area contributed by atoms with Crippen LogP contribution in [0.5, 0.6) is 0 Å². The number of rotatable bonds is 6. The molecule has 26 heavy (non-hydrogen) atoms. The molecular weight excluding hydrogens is 364 g/mol. The Morgan fingerprint density at radius 2 is 1.88 bits per heavy atom. The van der Waals surface area contributed by atoms with Crippen LogP contribution in [-0.2, 0) is 4.79 Å². The molecule has 0 saturated carbocycles. The Hall–Kier alpha value is -2.44. The zero-order chi connectivity index (χ0) is 18.5. The Morgan fingerprint density at radius 3 is 2.54 bits per heavy atom. The summed E-state index contributed by atoms with van der Waals surface area (Å²) in [6.45, 7) is 3.44. The highest BCUT2D eigenvalue weighted by atomic mass is 32.2. The van der Waals surface area contributed by atoms with Crippen molar-refractivity contribution in [3.63, 3.8) is 0 Å². The second-order valence-corrected chi connectivity index (χ2v) is 8.00. The lowest BCUT2D eigenvalue weighted by Crippen LogP contribution is -2.19. The van der Waals surface area contributed by atoms with Crippen molar-refractivity contribution >= 4 is 40.5 Å². The van der Waals surface area contributed by atoms with Crippen LogP contribution in [0.25, 0.3) is 0 Å². The molecule has 4 nitrogen and oxygen atoms in total. The first-order chi connectivity index (χ1) is 12.5. The molecule has 132 valence electrons. The molecule has 1 unspecified atom stereocenters. The number of nitrogens with one attached hydrogen (secondary N) is 1. The summed E-state index contributed by atoms with van der Waals surface area (Å²) in [6.07, 6.45) is 0. The van der Waals surface area contributed by atoms with E-state index in [1.807, 2.05) is 42.6 Å². The summed E-state index contributed by atoms with van der Waals surface area (Å²) in [4.78, 5) is 29.0. The summed E-state index contributed by atoms with van der Waals surface area (Å²) < 4.78 is 0.851. The van der Waals surface area contributed by atoms with Crippen LogP contribution in [0.4, 0.5) is 5.69 Å².